The van der Waals surface area contributed by atoms with Gasteiger partial charge in [-0.25, -0.2) is 4.79 Å². The molecule has 0 bridgehead atoms. The highest BCUT2D eigenvalue weighted by Gasteiger charge is 2.22. The number of halogens is 2. The Hall–Kier alpha value is -3.93. The van der Waals surface area contributed by atoms with Gasteiger partial charge in [-0.3, -0.25) is 14.6 Å². The molecule has 8 nitrogen and oxygen atoms in total. The number of carbonyl (C=O) groups is 3. The third kappa shape index (κ3) is 6.07. The molecule has 0 saturated heterocycles. The van der Waals surface area contributed by atoms with Crippen molar-refractivity contribution in [2.45, 2.75) is 12.5 Å². The summed E-state index contributed by atoms with van der Waals surface area (Å²) in [6, 6.07) is 13.1. The molecule has 2 amide bonds. The fraction of sp³-hybridized carbons (Fsp3) is 0.0870. The van der Waals surface area contributed by atoms with Crippen molar-refractivity contribution in [3.8, 4) is 6.07 Å². The first kappa shape index (κ1) is 23.7. The smallest absolute Gasteiger partial charge is 0.326 e. The molecular formula is C23H16Cl2N4O4. The minimum Gasteiger partial charge on any atom is -0.480 e. The molecule has 3 N–H and O–H groups in total. The number of carboxylic acids is 1. The molecule has 1 heterocycles. The summed E-state index contributed by atoms with van der Waals surface area (Å²) < 4.78 is 0. The number of nitrogens with zero attached hydrogens (tertiary/aromatic N) is 2. The number of anilines is 1. The number of pyridine rings is 1. The normalized spacial score (nSPS) is 11.2. The Kier molecular flexibility index (Phi) is 7.61. The second-order valence-corrected chi connectivity index (χ2v) is 7.70. The fourth-order valence-corrected chi connectivity index (χ4v) is 3.49. The van der Waals surface area contributed by atoms with Crippen LogP contribution in [0.2, 0.25) is 10.0 Å². The Labute approximate surface area is 198 Å². The van der Waals surface area contributed by atoms with Crippen molar-refractivity contribution in [2.75, 3.05) is 5.32 Å². The molecule has 0 aliphatic heterocycles. The highest BCUT2D eigenvalue weighted by Crippen LogP contribution is 2.24. The van der Waals surface area contributed by atoms with Crippen molar-refractivity contribution in [3.05, 3.63) is 93.2 Å². The zero-order chi connectivity index (χ0) is 24.0. The predicted octanol–water partition coefficient (Wildman–Crippen LogP) is 3.94. The maximum atomic E-state index is 12.5. The van der Waals surface area contributed by atoms with Crippen LogP contribution in [0, 0.1) is 11.3 Å². The molecular weight excluding hydrogens is 467 g/mol. The summed E-state index contributed by atoms with van der Waals surface area (Å²) in [6.45, 7) is 0. The van der Waals surface area contributed by atoms with E-state index < -0.39 is 23.8 Å². The van der Waals surface area contributed by atoms with Crippen LogP contribution in [-0.4, -0.2) is 33.9 Å². The number of nitriles is 1. The van der Waals surface area contributed by atoms with Gasteiger partial charge in [-0.2, -0.15) is 5.26 Å². The van der Waals surface area contributed by atoms with Gasteiger partial charge in [0.05, 0.1) is 27.2 Å². The molecule has 10 heteroatoms. The van der Waals surface area contributed by atoms with Crippen molar-refractivity contribution in [2.24, 2.45) is 0 Å². The van der Waals surface area contributed by atoms with Gasteiger partial charge < -0.3 is 15.7 Å². The largest absolute Gasteiger partial charge is 0.480 e. The van der Waals surface area contributed by atoms with Gasteiger partial charge in [-0.05, 0) is 35.9 Å². The average Bonchev–Trinajstić information content (AvgIpc) is 2.79. The van der Waals surface area contributed by atoms with Crippen LogP contribution in [0.5, 0.6) is 0 Å². The van der Waals surface area contributed by atoms with Crippen LogP contribution in [0.25, 0.3) is 0 Å². The summed E-state index contributed by atoms with van der Waals surface area (Å²) in [7, 11) is 0. The molecule has 166 valence electrons. The van der Waals surface area contributed by atoms with E-state index in [-0.39, 0.29) is 27.6 Å². The van der Waals surface area contributed by atoms with Crippen molar-refractivity contribution in [1.29, 1.82) is 5.26 Å². The molecule has 1 atom stereocenters. The lowest BCUT2D eigenvalue weighted by atomic mass is 10.0. The van der Waals surface area contributed by atoms with Gasteiger partial charge in [0.15, 0.2) is 0 Å². The minimum atomic E-state index is -1.21. The monoisotopic (exact) mass is 482 g/mol. The standard InChI is InChI=1S/C23H16Cl2N4O4/c24-17-11-27-12-18(25)20(17)22(31)28-16-6-4-13(5-7-16)9-19(23(32)33)29-21(30)15-3-1-2-14(8-15)10-26/h1-8,11-12,19H,9H2,(H,28,31)(H,29,30)(H,32,33)/t19-/m0/s1. The molecule has 0 fully saturated rings. The van der Waals surface area contributed by atoms with E-state index in [1.54, 1.807) is 36.4 Å². The van der Waals surface area contributed by atoms with Gasteiger partial charge in [-0.1, -0.05) is 41.4 Å². The van der Waals surface area contributed by atoms with Gasteiger partial charge >= 0.3 is 5.97 Å². The molecule has 0 unspecified atom stereocenters. The van der Waals surface area contributed by atoms with Crippen molar-refractivity contribution < 1.29 is 19.5 Å². The molecule has 0 radical (unpaired) electrons. The summed E-state index contributed by atoms with van der Waals surface area (Å²) in [4.78, 5) is 40.4. The number of carboxylic acid groups (broad SMARTS) is 1. The van der Waals surface area contributed by atoms with Crippen LogP contribution in [0.4, 0.5) is 5.69 Å². The lowest BCUT2D eigenvalue weighted by molar-refractivity contribution is -0.139. The average molecular weight is 483 g/mol. The molecule has 0 saturated carbocycles. The first-order chi connectivity index (χ1) is 15.8. The molecule has 1 aromatic heterocycles. The lowest BCUT2D eigenvalue weighted by Gasteiger charge is -2.15. The first-order valence-corrected chi connectivity index (χ1v) is 10.3. The zero-order valence-corrected chi connectivity index (χ0v) is 18.4. The van der Waals surface area contributed by atoms with Crippen LogP contribution in [0.1, 0.15) is 31.8 Å². The predicted molar refractivity (Wildman–Crippen MR) is 122 cm³/mol. The summed E-state index contributed by atoms with van der Waals surface area (Å²) >= 11 is 12.0. The van der Waals surface area contributed by atoms with Gasteiger partial charge in [0, 0.05) is 30.1 Å². The molecule has 0 aliphatic carbocycles. The number of amides is 2. The van der Waals surface area contributed by atoms with E-state index in [9.17, 15) is 19.5 Å². The van der Waals surface area contributed by atoms with E-state index >= 15 is 0 Å². The zero-order valence-electron chi connectivity index (χ0n) is 16.9. The molecule has 0 aliphatic rings. The van der Waals surface area contributed by atoms with Crippen LogP contribution < -0.4 is 10.6 Å². The maximum absolute atomic E-state index is 12.5. The summed E-state index contributed by atoms with van der Waals surface area (Å²) in [6.07, 6.45) is 2.62. The number of benzene rings is 2. The van der Waals surface area contributed by atoms with E-state index in [4.69, 9.17) is 28.5 Å². The minimum absolute atomic E-state index is 0.00918. The number of hydrogen-bond donors (Lipinski definition) is 3. The fourth-order valence-electron chi connectivity index (χ4n) is 2.95. The van der Waals surface area contributed by atoms with E-state index in [1.807, 2.05) is 6.07 Å². The quantitative estimate of drug-likeness (QED) is 0.467. The number of aliphatic carboxylic acids is 1. The molecule has 2 aromatic carbocycles. The van der Waals surface area contributed by atoms with Crippen molar-refractivity contribution in [1.82, 2.24) is 10.3 Å². The van der Waals surface area contributed by atoms with Crippen LogP contribution in [0.15, 0.2) is 60.9 Å². The lowest BCUT2D eigenvalue weighted by Crippen LogP contribution is -2.42. The highest BCUT2D eigenvalue weighted by molar-refractivity contribution is 6.40. The van der Waals surface area contributed by atoms with E-state index in [2.05, 4.69) is 15.6 Å². The third-order valence-corrected chi connectivity index (χ3v) is 5.16. The Morgan fingerprint density at radius 2 is 1.70 bits per heavy atom. The number of nitrogens with one attached hydrogen (secondary N) is 2. The second-order valence-electron chi connectivity index (χ2n) is 6.89. The van der Waals surface area contributed by atoms with E-state index in [1.165, 1.54) is 24.5 Å². The Morgan fingerprint density at radius 1 is 1.03 bits per heavy atom. The van der Waals surface area contributed by atoms with Crippen LogP contribution in [-0.2, 0) is 11.2 Å². The number of rotatable bonds is 7. The third-order valence-electron chi connectivity index (χ3n) is 4.59. The maximum Gasteiger partial charge on any atom is 0.326 e. The Bertz CT molecular complexity index is 1240. The summed E-state index contributed by atoms with van der Waals surface area (Å²) in [5.74, 6) is -2.33. The molecule has 3 aromatic rings. The van der Waals surface area contributed by atoms with Crippen LogP contribution in [0.3, 0.4) is 0 Å². The van der Waals surface area contributed by atoms with E-state index in [0.29, 0.717) is 16.8 Å². The van der Waals surface area contributed by atoms with Gasteiger partial charge in [0.2, 0.25) is 0 Å². The number of aromatic nitrogens is 1. The van der Waals surface area contributed by atoms with Crippen molar-refractivity contribution in [3.63, 3.8) is 0 Å². The summed E-state index contributed by atoms with van der Waals surface area (Å²) in [5, 5.41) is 23.8. The van der Waals surface area contributed by atoms with Gasteiger partial charge in [0.25, 0.3) is 11.8 Å². The topological polar surface area (TPSA) is 132 Å². The van der Waals surface area contributed by atoms with Gasteiger partial charge in [0.1, 0.15) is 6.04 Å². The van der Waals surface area contributed by atoms with Gasteiger partial charge in [-0.15, -0.1) is 0 Å². The number of hydrogen-bond acceptors (Lipinski definition) is 5. The van der Waals surface area contributed by atoms with Crippen molar-refractivity contribution >= 4 is 46.7 Å². The van der Waals surface area contributed by atoms with E-state index in [0.717, 1.165) is 0 Å². The molecule has 3 rings (SSSR count). The second kappa shape index (κ2) is 10.6. The molecule has 33 heavy (non-hydrogen) atoms. The number of carbonyl (C=O) groups excluding carboxylic acids is 2. The highest BCUT2D eigenvalue weighted by atomic mass is 35.5. The molecule has 0 spiro atoms. The Balaban J connectivity index is 1.67. The Morgan fingerprint density at radius 3 is 2.30 bits per heavy atom. The van der Waals surface area contributed by atoms with Crippen LogP contribution >= 0.6 is 23.2 Å². The SMILES string of the molecule is N#Cc1cccc(C(=O)N[C@@H](Cc2ccc(NC(=O)c3c(Cl)cncc3Cl)cc2)C(=O)O)c1. The summed E-state index contributed by atoms with van der Waals surface area (Å²) in [5.41, 5.74) is 1.63. The first-order valence-electron chi connectivity index (χ1n) is 9.51.